The highest BCUT2D eigenvalue weighted by Gasteiger charge is 2.14. The van der Waals surface area contributed by atoms with Crippen molar-refractivity contribution in [2.24, 2.45) is 10.9 Å². The topological polar surface area (TPSA) is 73.8 Å². The molecule has 1 atom stereocenters. The van der Waals surface area contributed by atoms with Gasteiger partial charge in [0.25, 0.3) is 0 Å². The van der Waals surface area contributed by atoms with Crippen LogP contribution in [0.15, 0.2) is 4.99 Å². The van der Waals surface area contributed by atoms with Crippen LogP contribution in [-0.4, -0.2) is 57.7 Å². The van der Waals surface area contributed by atoms with E-state index in [-0.39, 0.29) is 29.7 Å². The molecule has 0 aliphatic heterocycles. The Balaban J connectivity index is 0. The summed E-state index contributed by atoms with van der Waals surface area (Å²) in [5.41, 5.74) is 0. The third-order valence-corrected chi connectivity index (χ3v) is 5.67. The minimum Gasteiger partial charge on any atom is -0.356 e. The van der Waals surface area contributed by atoms with E-state index in [0.29, 0.717) is 19.1 Å². The molecule has 146 valence electrons. The van der Waals surface area contributed by atoms with Gasteiger partial charge < -0.3 is 10.6 Å². The van der Waals surface area contributed by atoms with Crippen molar-refractivity contribution >= 4 is 40.0 Å². The second-order valence-corrected chi connectivity index (χ2v) is 8.81. The highest BCUT2D eigenvalue weighted by molar-refractivity contribution is 14.0. The van der Waals surface area contributed by atoms with Crippen LogP contribution in [-0.2, 0) is 10.0 Å². The standard InChI is InChI=1S/C16H36N4O2S.HI/c1-7-23(21,22)20(6)13-9-12-18-16(17-5)19-15(4)11-8-10-14(2)3;/h14-15H,7-13H2,1-6H3,(H2,17,18,19);1H. The predicted molar refractivity (Wildman–Crippen MR) is 115 cm³/mol. The van der Waals surface area contributed by atoms with Crippen molar-refractivity contribution in [1.29, 1.82) is 0 Å². The van der Waals surface area contributed by atoms with Gasteiger partial charge in [-0.15, -0.1) is 24.0 Å². The number of aliphatic imine (C=N–C) groups is 1. The molecule has 2 N–H and O–H groups in total. The summed E-state index contributed by atoms with van der Waals surface area (Å²) in [7, 11) is 0.300. The fourth-order valence-corrected chi connectivity index (χ4v) is 3.05. The molecule has 8 heteroatoms. The number of nitrogens with zero attached hydrogens (tertiary/aromatic N) is 2. The summed E-state index contributed by atoms with van der Waals surface area (Å²) in [4.78, 5) is 4.22. The fourth-order valence-electron chi connectivity index (χ4n) is 2.20. The van der Waals surface area contributed by atoms with Gasteiger partial charge in [-0.2, -0.15) is 0 Å². The normalized spacial score (nSPS) is 13.8. The van der Waals surface area contributed by atoms with Crippen LogP contribution in [0.2, 0.25) is 0 Å². The zero-order valence-corrected chi connectivity index (χ0v) is 19.3. The molecule has 0 aliphatic rings. The van der Waals surface area contributed by atoms with Crippen LogP contribution < -0.4 is 10.6 Å². The molecule has 0 spiro atoms. The Labute approximate surface area is 166 Å². The van der Waals surface area contributed by atoms with Gasteiger partial charge >= 0.3 is 0 Å². The number of rotatable bonds is 11. The molecule has 0 rings (SSSR count). The SMILES string of the molecule is CCS(=O)(=O)N(C)CCCNC(=NC)NC(C)CCCC(C)C.I. The molecule has 0 aromatic carbocycles. The van der Waals surface area contributed by atoms with E-state index in [4.69, 9.17) is 0 Å². The summed E-state index contributed by atoms with van der Waals surface area (Å²) in [6, 6.07) is 0.378. The van der Waals surface area contributed by atoms with Crippen LogP contribution in [0.4, 0.5) is 0 Å². The van der Waals surface area contributed by atoms with Crippen LogP contribution in [0, 0.1) is 5.92 Å². The predicted octanol–water partition coefficient (Wildman–Crippen LogP) is 2.66. The molecule has 6 nitrogen and oxygen atoms in total. The van der Waals surface area contributed by atoms with Crippen molar-refractivity contribution in [2.75, 3.05) is 32.9 Å². The Morgan fingerprint density at radius 3 is 2.29 bits per heavy atom. The van der Waals surface area contributed by atoms with E-state index < -0.39 is 10.0 Å². The molecule has 1 unspecified atom stereocenters. The molecular weight excluding hydrogens is 439 g/mol. The number of hydrogen-bond acceptors (Lipinski definition) is 3. The van der Waals surface area contributed by atoms with Gasteiger partial charge in [-0.25, -0.2) is 12.7 Å². The van der Waals surface area contributed by atoms with Gasteiger partial charge in [-0.1, -0.05) is 26.7 Å². The van der Waals surface area contributed by atoms with Gasteiger partial charge in [0.05, 0.1) is 5.75 Å². The number of hydrogen-bond donors (Lipinski definition) is 2. The first-order valence-electron chi connectivity index (χ1n) is 8.64. The van der Waals surface area contributed by atoms with Crippen molar-refractivity contribution in [3.05, 3.63) is 0 Å². The lowest BCUT2D eigenvalue weighted by molar-refractivity contribution is 0.460. The molecule has 0 bridgehead atoms. The summed E-state index contributed by atoms with van der Waals surface area (Å²) in [5.74, 6) is 1.67. The number of guanidine groups is 1. The van der Waals surface area contributed by atoms with E-state index in [1.807, 2.05) is 0 Å². The van der Waals surface area contributed by atoms with E-state index in [2.05, 4.69) is 36.4 Å². The van der Waals surface area contributed by atoms with E-state index in [1.165, 1.54) is 17.1 Å². The molecule has 0 saturated heterocycles. The molecule has 0 fully saturated rings. The average Bonchev–Trinajstić information content (AvgIpc) is 2.49. The van der Waals surface area contributed by atoms with Gasteiger partial charge in [0.1, 0.15) is 0 Å². The second kappa shape index (κ2) is 14.1. The molecule has 0 aliphatic carbocycles. The molecule has 0 aromatic heterocycles. The summed E-state index contributed by atoms with van der Waals surface area (Å²) >= 11 is 0. The maximum Gasteiger partial charge on any atom is 0.213 e. The number of halogens is 1. The Morgan fingerprint density at radius 1 is 1.17 bits per heavy atom. The summed E-state index contributed by atoms with van der Waals surface area (Å²) in [5, 5.41) is 6.62. The summed E-state index contributed by atoms with van der Waals surface area (Å²) in [6.07, 6.45) is 4.33. The van der Waals surface area contributed by atoms with Crippen molar-refractivity contribution in [3.8, 4) is 0 Å². The van der Waals surface area contributed by atoms with Crippen LogP contribution in [0.1, 0.15) is 53.4 Å². The zero-order chi connectivity index (χ0) is 17.9. The lowest BCUT2D eigenvalue weighted by Gasteiger charge is -2.19. The van der Waals surface area contributed by atoms with Crippen molar-refractivity contribution in [1.82, 2.24) is 14.9 Å². The first-order chi connectivity index (χ1) is 10.7. The molecular formula is C16H37IN4O2S. The van der Waals surface area contributed by atoms with E-state index in [9.17, 15) is 8.42 Å². The quantitative estimate of drug-likeness (QED) is 0.208. The summed E-state index contributed by atoms with van der Waals surface area (Å²) < 4.78 is 24.7. The van der Waals surface area contributed by atoms with Crippen LogP contribution >= 0.6 is 24.0 Å². The number of sulfonamides is 1. The Hall–Kier alpha value is -0.0900. The lowest BCUT2D eigenvalue weighted by Crippen LogP contribution is -2.43. The molecule has 0 amide bonds. The molecule has 0 heterocycles. The number of nitrogens with one attached hydrogen (secondary N) is 2. The van der Waals surface area contributed by atoms with Crippen LogP contribution in [0.5, 0.6) is 0 Å². The van der Waals surface area contributed by atoms with Gasteiger partial charge in [-0.3, -0.25) is 4.99 Å². The smallest absolute Gasteiger partial charge is 0.213 e. The maximum absolute atomic E-state index is 11.6. The zero-order valence-electron chi connectivity index (χ0n) is 16.1. The van der Waals surface area contributed by atoms with E-state index >= 15 is 0 Å². The van der Waals surface area contributed by atoms with E-state index in [1.54, 1.807) is 21.0 Å². The largest absolute Gasteiger partial charge is 0.356 e. The van der Waals surface area contributed by atoms with Crippen LogP contribution in [0.25, 0.3) is 0 Å². The van der Waals surface area contributed by atoms with Gasteiger partial charge in [0, 0.05) is 33.2 Å². The Morgan fingerprint density at radius 2 is 1.79 bits per heavy atom. The van der Waals surface area contributed by atoms with Crippen LogP contribution in [0.3, 0.4) is 0 Å². The highest BCUT2D eigenvalue weighted by Crippen LogP contribution is 2.08. The Bertz CT molecular complexity index is 441. The molecule has 0 radical (unpaired) electrons. The van der Waals surface area contributed by atoms with Crippen molar-refractivity contribution in [2.45, 2.75) is 59.4 Å². The Kier molecular flexibility index (Phi) is 15.4. The first kappa shape index (κ1) is 26.1. The van der Waals surface area contributed by atoms with Crippen molar-refractivity contribution < 1.29 is 8.42 Å². The highest BCUT2D eigenvalue weighted by atomic mass is 127. The first-order valence-corrected chi connectivity index (χ1v) is 10.2. The summed E-state index contributed by atoms with van der Waals surface area (Å²) in [6.45, 7) is 9.53. The third-order valence-electron chi connectivity index (χ3n) is 3.81. The fraction of sp³-hybridized carbons (Fsp3) is 0.938. The third kappa shape index (κ3) is 12.3. The maximum atomic E-state index is 11.6. The average molecular weight is 476 g/mol. The van der Waals surface area contributed by atoms with E-state index in [0.717, 1.165) is 24.7 Å². The second-order valence-electron chi connectivity index (χ2n) is 6.44. The minimum absolute atomic E-state index is 0. The monoisotopic (exact) mass is 476 g/mol. The molecule has 0 aromatic rings. The van der Waals surface area contributed by atoms with Gasteiger partial charge in [0.2, 0.25) is 10.0 Å². The lowest BCUT2D eigenvalue weighted by atomic mass is 10.0. The van der Waals surface area contributed by atoms with Gasteiger partial charge in [0.15, 0.2) is 5.96 Å². The van der Waals surface area contributed by atoms with Gasteiger partial charge in [-0.05, 0) is 32.6 Å². The molecule has 24 heavy (non-hydrogen) atoms. The van der Waals surface area contributed by atoms with Crippen molar-refractivity contribution in [3.63, 3.8) is 0 Å². The molecule has 0 saturated carbocycles. The minimum atomic E-state index is -3.08.